The Hall–Kier alpha value is -0.830. The molecule has 1 aromatic heterocycles. The van der Waals surface area contributed by atoms with Gasteiger partial charge in [0.2, 0.25) is 0 Å². The number of hydrogen-bond donors (Lipinski definition) is 1. The van der Waals surface area contributed by atoms with Crippen molar-refractivity contribution in [3.8, 4) is 0 Å². The van der Waals surface area contributed by atoms with Crippen molar-refractivity contribution in [3.63, 3.8) is 0 Å². The van der Waals surface area contributed by atoms with Crippen LogP contribution in [0.25, 0.3) is 0 Å². The maximum atomic E-state index is 4.96. The number of rotatable bonds is 4. The van der Waals surface area contributed by atoms with Crippen molar-refractivity contribution in [2.24, 2.45) is 5.92 Å². The van der Waals surface area contributed by atoms with Gasteiger partial charge in [-0.15, -0.1) is 0 Å². The summed E-state index contributed by atoms with van der Waals surface area (Å²) in [4.78, 5) is 4.96. The molecule has 3 rings (SSSR count). The molecule has 1 atom stereocenters. The van der Waals surface area contributed by atoms with Crippen molar-refractivity contribution in [1.29, 1.82) is 0 Å². The van der Waals surface area contributed by atoms with E-state index in [-0.39, 0.29) is 0 Å². The lowest BCUT2D eigenvalue weighted by molar-refractivity contribution is 0.255. The summed E-state index contributed by atoms with van der Waals surface area (Å²) in [6.07, 6.45) is 10.6. The molecule has 1 unspecified atom stereocenters. The minimum Gasteiger partial charge on any atom is -0.329 e. The van der Waals surface area contributed by atoms with E-state index in [2.05, 4.69) is 23.7 Å². The van der Waals surface area contributed by atoms with Crippen LogP contribution in [0.5, 0.6) is 0 Å². The Morgan fingerprint density at radius 3 is 2.85 bits per heavy atom. The Morgan fingerprint density at radius 1 is 1.30 bits per heavy atom. The molecular formula is C17H29N3. The highest BCUT2D eigenvalue weighted by Crippen LogP contribution is 2.35. The summed E-state index contributed by atoms with van der Waals surface area (Å²) >= 11 is 0. The zero-order chi connectivity index (χ0) is 13.9. The van der Waals surface area contributed by atoms with Crippen LogP contribution in [0.15, 0.2) is 0 Å². The lowest BCUT2D eigenvalue weighted by Crippen LogP contribution is -2.28. The van der Waals surface area contributed by atoms with Crippen molar-refractivity contribution in [2.75, 3.05) is 6.54 Å². The maximum Gasteiger partial charge on any atom is 0.109 e. The Morgan fingerprint density at radius 2 is 2.10 bits per heavy atom. The number of aryl methyl sites for hydroxylation is 1. The summed E-state index contributed by atoms with van der Waals surface area (Å²) in [5, 5.41) is 3.47. The third kappa shape index (κ3) is 2.65. The van der Waals surface area contributed by atoms with Crippen LogP contribution in [0.4, 0.5) is 0 Å². The van der Waals surface area contributed by atoms with Crippen LogP contribution in [0.2, 0.25) is 0 Å². The summed E-state index contributed by atoms with van der Waals surface area (Å²) in [6.45, 7) is 6.79. The topological polar surface area (TPSA) is 29.9 Å². The molecule has 0 amide bonds. The number of fused-ring (bicyclic) bond motifs is 1. The molecule has 0 aromatic carbocycles. The number of hydrogen-bond acceptors (Lipinski definition) is 2. The zero-order valence-electron chi connectivity index (χ0n) is 13.1. The molecule has 0 radical (unpaired) electrons. The first-order valence-electron chi connectivity index (χ1n) is 8.60. The molecule has 2 aliphatic rings. The highest BCUT2D eigenvalue weighted by Gasteiger charge is 2.27. The van der Waals surface area contributed by atoms with Gasteiger partial charge in [0.1, 0.15) is 5.82 Å². The lowest BCUT2D eigenvalue weighted by Gasteiger charge is -2.31. The van der Waals surface area contributed by atoms with Gasteiger partial charge in [0.05, 0.1) is 5.69 Å². The predicted octanol–water partition coefficient (Wildman–Crippen LogP) is 3.62. The summed E-state index contributed by atoms with van der Waals surface area (Å²) in [5.74, 6) is 2.21. The van der Waals surface area contributed by atoms with Crippen molar-refractivity contribution in [2.45, 2.75) is 77.8 Å². The monoisotopic (exact) mass is 275 g/mol. The van der Waals surface area contributed by atoms with Crippen LogP contribution < -0.4 is 5.32 Å². The third-order valence-corrected chi connectivity index (χ3v) is 5.21. The van der Waals surface area contributed by atoms with Gasteiger partial charge in [-0.1, -0.05) is 26.2 Å². The van der Waals surface area contributed by atoms with Crippen molar-refractivity contribution in [1.82, 2.24) is 14.9 Å². The van der Waals surface area contributed by atoms with Crippen LogP contribution in [0.1, 0.15) is 75.6 Å². The van der Waals surface area contributed by atoms with E-state index in [1.165, 1.54) is 55.7 Å². The highest BCUT2D eigenvalue weighted by molar-refractivity contribution is 5.21. The largest absolute Gasteiger partial charge is 0.329 e. The normalized spacial score (nSPS) is 21.7. The second-order valence-corrected chi connectivity index (χ2v) is 6.61. The standard InChI is InChI=1S/C17H29N3/c1-3-7-17-19-15-12-18-11-10-16(15)20(17)13(2)14-8-5-4-6-9-14/h13-14,18H,3-12H2,1-2H3. The minimum absolute atomic E-state index is 0.645. The fourth-order valence-corrected chi connectivity index (χ4v) is 4.10. The SMILES string of the molecule is CCCc1nc2c(n1C(C)C1CCCCC1)CCNC2. The average molecular weight is 275 g/mol. The van der Waals surface area contributed by atoms with Crippen LogP contribution >= 0.6 is 0 Å². The first kappa shape index (κ1) is 14.1. The summed E-state index contributed by atoms with van der Waals surface area (Å²) in [5.41, 5.74) is 2.85. The quantitative estimate of drug-likeness (QED) is 0.909. The van der Waals surface area contributed by atoms with Gasteiger partial charge < -0.3 is 9.88 Å². The molecule has 1 aliphatic carbocycles. The second kappa shape index (κ2) is 6.30. The van der Waals surface area contributed by atoms with E-state index in [0.717, 1.165) is 31.8 Å². The third-order valence-electron chi connectivity index (χ3n) is 5.21. The molecule has 0 bridgehead atoms. The van der Waals surface area contributed by atoms with Crippen LogP contribution in [-0.2, 0) is 19.4 Å². The number of aromatic nitrogens is 2. The Bertz CT molecular complexity index is 443. The Kier molecular flexibility index (Phi) is 4.45. The summed E-state index contributed by atoms with van der Waals surface area (Å²) in [6, 6.07) is 0.645. The predicted molar refractivity (Wildman–Crippen MR) is 82.9 cm³/mol. The molecule has 1 fully saturated rings. The van der Waals surface area contributed by atoms with Gasteiger partial charge in [-0.3, -0.25) is 0 Å². The molecule has 112 valence electrons. The smallest absolute Gasteiger partial charge is 0.109 e. The summed E-state index contributed by atoms with van der Waals surface area (Å²) < 4.78 is 2.63. The molecule has 0 spiro atoms. The van der Waals surface area contributed by atoms with Gasteiger partial charge in [-0.05, 0) is 32.1 Å². The highest BCUT2D eigenvalue weighted by atomic mass is 15.1. The van der Waals surface area contributed by atoms with Crippen LogP contribution in [-0.4, -0.2) is 16.1 Å². The fraction of sp³-hybridized carbons (Fsp3) is 0.824. The van der Waals surface area contributed by atoms with E-state index in [4.69, 9.17) is 4.98 Å². The minimum atomic E-state index is 0.645. The van der Waals surface area contributed by atoms with Gasteiger partial charge in [0.15, 0.2) is 0 Å². The van der Waals surface area contributed by atoms with E-state index in [9.17, 15) is 0 Å². The van der Waals surface area contributed by atoms with E-state index < -0.39 is 0 Å². The first-order valence-corrected chi connectivity index (χ1v) is 8.60. The molecule has 1 aliphatic heterocycles. The van der Waals surface area contributed by atoms with Crippen LogP contribution in [0.3, 0.4) is 0 Å². The Labute approximate surface area is 123 Å². The molecule has 0 saturated heterocycles. The van der Waals surface area contributed by atoms with E-state index in [1.807, 2.05) is 0 Å². The molecule has 3 nitrogen and oxygen atoms in total. The molecule has 20 heavy (non-hydrogen) atoms. The van der Waals surface area contributed by atoms with Gasteiger partial charge in [-0.25, -0.2) is 4.98 Å². The molecule has 1 saturated carbocycles. The lowest BCUT2D eigenvalue weighted by atomic mass is 9.84. The number of nitrogens with zero attached hydrogens (tertiary/aromatic N) is 2. The van der Waals surface area contributed by atoms with Gasteiger partial charge in [-0.2, -0.15) is 0 Å². The summed E-state index contributed by atoms with van der Waals surface area (Å²) in [7, 11) is 0. The van der Waals surface area contributed by atoms with Gasteiger partial charge in [0.25, 0.3) is 0 Å². The van der Waals surface area contributed by atoms with E-state index in [0.29, 0.717) is 6.04 Å². The average Bonchev–Trinajstić information content (AvgIpc) is 2.86. The van der Waals surface area contributed by atoms with Gasteiger partial charge in [0, 0.05) is 37.7 Å². The molecular weight excluding hydrogens is 246 g/mol. The molecule has 3 heteroatoms. The molecule has 1 N–H and O–H groups in total. The van der Waals surface area contributed by atoms with Gasteiger partial charge >= 0.3 is 0 Å². The van der Waals surface area contributed by atoms with Crippen molar-refractivity contribution in [3.05, 3.63) is 17.2 Å². The fourth-order valence-electron chi connectivity index (χ4n) is 4.10. The first-order chi connectivity index (χ1) is 9.81. The van der Waals surface area contributed by atoms with Crippen molar-refractivity contribution < 1.29 is 0 Å². The number of imidazole rings is 1. The molecule has 1 aromatic rings. The van der Waals surface area contributed by atoms with E-state index in [1.54, 1.807) is 0 Å². The van der Waals surface area contributed by atoms with Crippen LogP contribution in [0, 0.1) is 5.92 Å². The Balaban J connectivity index is 1.90. The number of nitrogens with one attached hydrogen (secondary N) is 1. The second-order valence-electron chi connectivity index (χ2n) is 6.61. The van der Waals surface area contributed by atoms with E-state index >= 15 is 0 Å². The molecule has 2 heterocycles. The zero-order valence-corrected chi connectivity index (χ0v) is 13.1. The maximum absolute atomic E-state index is 4.96. The van der Waals surface area contributed by atoms with Crippen molar-refractivity contribution >= 4 is 0 Å².